The van der Waals surface area contributed by atoms with E-state index in [4.69, 9.17) is 4.42 Å². The number of para-hydroxylation sites is 1. The van der Waals surface area contributed by atoms with Crippen LogP contribution in [0.1, 0.15) is 0 Å². The van der Waals surface area contributed by atoms with Crippen molar-refractivity contribution < 1.29 is 4.42 Å². The van der Waals surface area contributed by atoms with Crippen LogP contribution >= 0.6 is 0 Å². The lowest BCUT2D eigenvalue weighted by molar-refractivity contribution is 0.669. The van der Waals surface area contributed by atoms with E-state index in [9.17, 15) is 0 Å². The van der Waals surface area contributed by atoms with Crippen molar-refractivity contribution in [1.82, 2.24) is 0 Å². The van der Waals surface area contributed by atoms with Crippen molar-refractivity contribution in [2.75, 3.05) is 4.90 Å². The molecule has 0 spiro atoms. The molecule has 0 amide bonds. The Morgan fingerprint density at radius 3 is 1.73 bits per heavy atom. The van der Waals surface area contributed by atoms with E-state index in [0.29, 0.717) is 0 Å². The fourth-order valence-electron chi connectivity index (χ4n) is 8.67. The van der Waals surface area contributed by atoms with Gasteiger partial charge in [-0.1, -0.05) is 164 Å². The van der Waals surface area contributed by atoms with E-state index in [1.54, 1.807) is 0 Å². The van der Waals surface area contributed by atoms with Gasteiger partial charge in [0.2, 0.25) is 0 Å². The first-order chi connectivity index (χ1) is 27.8. The van der Waals surface area contributed by atoms with E-state index in [2.05, 4.69) is 205 Å². The molecule has 10 aromatic carbocycles. The fourth-order valence-corrected chi connectivity index (χ4v) is 8.67. The molecule has 0 N–H and O–H groups in total. The van der Waals surface area contributed by atoms with Crippen molar-refractivity contribution in [3.05, 3.63) is 212 Å². The number of nitrogens with zero attached hydrogens (tertiary/aromatic N) is 1. The third-order valence-corrected chi connectivity index (χ3v) is 11.3. The molecule has 0 unspecified atom stereocenters. The van der Waals surface area contributed by atoms with Crippen molar-refractivity contribution in [3.8, 4) is 33.4 Å². The van der Waals surface area contributed by atoms with Crippen LogP contribution in [0.5, 0.6) is 0 Å². The van der Waals surface area contributed by atoms with Crippen LogP contribution in [0.3, 0.4) is 0 Å². The second-order valence-electron chi connectivity index (χ2n) is 14.4. The number of hydrogen-bond acceptors (Lipinski definition) is 2. The van der Waals surface area contributed by atoms with Gasteiger partial charge in [0, 0.05) is 33.8 Å². The summed E-state index contributed by atoms with van der Waals surface area (Å²) in [6.45, 7) is 0. The van der Waals surface area contributed by atoms with E-state index in [-0.39, 0.29) is 0 Å². The zero-order valence-electron chi connectivity index (χ0n) is 30.6. The first-order valence-electron chi connectivity index (χ1n) is 19.2. The van der Waals surface area contributed by atoms with Crippen LogP contribution in [0.25, 0.3) is 87.6 Å². The summed E-state index contributed by atoms with van der Waals surface area (Å²) in [4.78, 5) is 2.41. The van der Waals surface area contributed by atoms with Gasteiger partial charge in [0.05, 0.1) is 5.69 Å². The molecule has 2 nitrogen and oxygen atoms in total. The molecule has 0 fully saturated rings. The molecule has 2 heteroatoms. The first kappa shape index (κ1) is 32.0. The monoisotopic (exact) mass is 713 g/mol. The molecule has 0 aliphatic carbocycles. The van der Waals surface area contributed by atoms with Crippen LogP contribution in [0.15, 0.2) is 217 Å². The Bertz CT molecular complexity index is 3240. The highest BCUT2D eigenvalue weighted by Crippen LogP contribution is 2.50. The average molecular weight is 714 g/mol. The highest BCUT2D eigenvalue weighted by atomic mass is 16.3. The van der Waals surface area contributed by atoms with Gasteiger partial charge in [-0.05, 0) is 103 Å². The predicted octanol–water partition coefficient (Wildman–Crippen LogP) is 15.5. The molecule has 11 aromatic rings. The summed E-state index contributed by atoms with van der Waals surface area (Å²) in [7, 11) is 0. The highest BCUT2D eigenvalue weighted by molar-refractivity contribution is 6.17. The zero-order chi connectivity index (χ0) is 37.0. The Kier molecular flexibility index (Phi) is 7.53. The molecule has 0 saturated carbocycles. The fraction of sp³-hybridized carbons (Fsp3) is 0. The van der Waals surface area contributed by atoms with Gasteiger partial charge in [-0.25, -0.2) is 0 Å². The van der Waals surface area contributed by atoms with Gasteiger partial charge < -0.3 is 9.32 Å². The van der Waals surface area contributed by atoms with E-state index < -0.39 is 0 Å². The van der Waals surface area contributed by atoms with Crippen molar-refractivity contribution >= 4 is 71.3 Å². The quantitative estimate of drug-likeness (QED) is 0.160. The van der Waals surface area contributed by atoms with Gasteiger partial charge in [-0.15, -0.1) is 0 Å². The summed E-state index contributed by atoms with van der Waals surface area (Å²) in [5.74, 6) is 0. The van der Waals surface area contributed by atoms with Crippen LogP contribution in [-0.4, -0.2) is 0 Å². The number of benzene rings is 10. The molecule has 0 aliphatic rings. The Morgan fingerprint density at radius 1 is 0.304 bits per heavy atom. The number of anilines is 3. The maximum atomic E-state index is 6.53. The van der Waals surface area contributed by atoms with E-state index >= 15 is 0 Å². The largest absolute Gasteiger partial charge is 0.456 e. The van der Waals surface area contributed by atoms with Crippen LogP contribution in [-0.2, 0) is 0 Å². The lowest BCUT2D eigenvalue weighted by Crippen LogP contribution is -2.12. The molecule has 56 heavy (non-hydrogen) atoms. The van der Waals surface area contributed by atoms with E-state index in [1.807, 2.05) is 12.1 Å². The first-order valence-corrected chi connectivity index (χ1v) is 19.2. The number of hydrogen-bond donors (Lipinski definition) is 0. The normalized spacial score (nSPS) is 11.6. The van der Waals surface area contributed by atoms with Crippen molar-refractivity contribution in [2.45, 2.75) is 0 Å². The van der Waals surface area contributed by atoms with E-state index in [0.717, 1.165) is 39.0 Å². The van der Waals surface area contributed by atoms with Crippen molar-refractivity contribution in [2.24, 2.45) is 0 Å². The second kappa shape index (κ2) is 13.2. The van der Waals surface area contributed by atoms with Crippen LogP contribution in [0, 0.1) is 0 Å². The van der Waals surface area contributed by atoms with Gasteiger partial charge in [0.25, 0.3) is 0 Å². The highest BCUT2D eigenvalue weighted by Gasteiger charge is 2.24. The SMILES string of the molecule is c1ccc(-c2ccc(N(c3ccc4c(c3)oc3ccccc34)c3cccc(-c4cccc5ccccc45)c3-c3cc4ccccc4c4ccccc34)cc2)cc1. The number of fused-ring (bicyclic) bond motifs is 7. The molecule has 0 bridgehead atoms. The van der Waals surface area contributed by atoms with E-state index in [1.165, 1.54) is 65.7 Å². The lowest BCUT2D eigenvalue weighted by Gasteiger charge is -2.30. The smallest absolute Gasteiger partial charge is 0.137 e. The summed E-state index contributed by atoms with van der Waals surface area (Å²) in [5, 5.41) is 9.58. The minimum atomic E-state index is 0.859. The minimum absolute atomic E-state index is 0.859. The topological polar surface area (TPSA) is 16.4 Å². The Balaban J connectivity index is 1.24. The summed E-state index contributed by atoms with van der Waals surface area (Å²) in [5.41, 5.74) is 12.0. The van der Waals surface area contributed by atoms with Gasteiger partial charge in [-0.3, -0.25) is 0 Å². The van der Waals surface area contributed by atoms with Crippen molar-refractivity contribution in [3.63, 3.8) is 0 Å². The average Bonchev–Trinajstić information content (AvgIpc) is 3.64. The second-order valence-corrected chi connectivity index (χ2v) is 14.4. The summed E-state index contributed by atoms with van der Waals surface area (Å²) in [6.07, 6.45) is 0. The van der Waals surface area contributed by atoms with Gasteiger partial charge >= 0.3 is 0 Å². The predicted molar refractivity (Wildman–Crippen MR) is 237 cm³/mol. The summed E-state index contributed by atoms with van der Waals surface area (Å²) < 4.78 is 6.53. The molecule has 1 aromatic heterocycles. The molecule has 0 atom stereocenters. The Labute approximate surface area is 325 Å². The molecule has 1 heterocycles. The lowest BCUT2D eigenvalue weighted by atomic mass is 9.86. The zero-order valence-corrected chi connectivity index (χ0v) is 30.6. The third kappa shape index (κ3) is 5.26. The standard InChI is InChI=1S/C54H35NO/c1-2-14-36(15-3-1)37-28-30-40(31-29-37)55(41-32-33-48-47-23-10-11-27-52(47)56-53(48)35-41)51-26-13-25-49(45-24-12-18-38-16-4-6-19-42(38)45)54(51)50-34-39-17-5-7-20-43(39)44-21-8-9-22-46(44)50/h1-35H. The van der Waals surface area contributed by atoms with Crippen LogP contribution in [0.2, 0.25) is 0 Å². The Hall–Kier alpha value is -7.42. The molecule has 0 aliphatic heterocycles. The Morgan fingerprint density at radius 2 is 0.893 bits per heavy atom. The van der Waals surface area contributed by atoms with Crippen molar-refractivity contribution in [1.29, 1.82) is 0 Å². The molecule has 262 valence electrons. The van der Waals surface area contributed by atoms with Crippen LogP contribution in [0.4, 0.5) is 17.1 Å². The maximum Gasteiger partial charge on any atom is 0.137 e. The summed E-state index contributed by atoms with van der Waals surface area (Å²) in [6, 6.07) is 76.6. The van der Waals surface area contributed by atoms with Gasteiger partial charge in [-0.2, -0.15) is 0 Å². The summed E-state index contributed by atoms with van der Waals surface area (Å²) >= 11 is 0. The maximum absolute atomic E-state index is 6.53. The molecular weight excluding hydrogens is 679 g/mol. The number of furan rings is 1. The van der Waals surface area contributed by atoms with Gasteiger partial charge in [0.1, 0.15) is 11.2 Å². The minimum Gasteiger partial charge on any atom is -0.456 e. The molecule has 0 radical (unpaired) electrons. The van der Waals surface area contributed by atoms with Crippen LogP contribution < -0.4 is 4.90 Å². The van der Waals surface area contributed by atoms with Gasteiger partial charge in [0.15, 0.2) is 0 Å². The number of rotatable bonds is 6. The molecular formula is C54H35NO. The molecule has 11 rings (SSSR count). The third-order valence-electron chi connectivity index (χ3n) is 11.3. The molecule has 0 saturated heterocycles.